The highest BCUT2D eigenvalue weighted by Crippen LogP contribution is 2.24. The van der Waals surface area contributed by atoms with E-state index in [9.17, 15) is 4.79 Å². The average molecular weight is 262 g/mol. The molecule has 1 aliphatic heterocycles. The smallest absolute Gasteiger partial charge is 0.256 e. The molecular formula is C10H9Cl2NOS. The van der Waals surface area contributed by atoms with Crippen LogP contribution in [0.25, 0.3) is 0 Å². The van der Waals surface area contributed by atoms with Crippen LogP contribution in [0.2, 0.25) is 10.0 Å². The third-order valence-corrected chi connectivity index (χ3v) is 3.71. The van der Waals surface area contributed by atoms with Crippen molar-refractivity contribution in [3.63, 3.8) is 0 Å². The predicted octanol–water partition coefficient (Wildman–Crippen LogP) is 3.14. The van der Waals surface area contributed by atoms with E-state index in [0.29, 0.717) is 15.6 Å². The van der Waals surface area contributed by atoms with Gasteiger partial charge in [-0.3, -0.25) is 4.79 Å². The van der Waals surface area contributed by atoms with E-state index in [1.54, 1.807) is 34.9 Å². The molecule has 0 radical (unpaired) electrons. The minimum absolute atomic E-state index is 0.0123. The van der Waals surface area contributed by atoms with E-state index in [2.05, 4.69) is 0 Å². The molecule has 1 aromatic rings. The van der Waals surface area contributed by atoms with Gasteiger partial charge in [-0.2, -0.15) is 0 Å². The number of nitrogens with zero attached hydrogens (tertiary/aromatic N) is 1. The topological polar surface area (TPSA) is 20.3 Å². The Hall–Kier alpha value is -0.380. The zero-order chi connectivity index (χ0) is 10.8. The van der Waals surface area contributed by atoms with Gasteiger partial charge in [-0.25, -0.2) is 0 Å². The molecule has 5 heteroatoms. The van der Waals surface area contributed by atoms with Gasteiger partial charge >= 0.3 is 0 Å². The van der Waals surface area contributed by atoms with Crippen molar-refractivity contribution in [2.24, 2.45) is 0 Å². The van der Waals surface area contributed by atoms with Gasteiger partial charge in [0.25, 0.3) is 5.91 Å². The summed E-state index contributed by atoms with van der Waals surface area (Å²) in [6.07, 6.45) is 0. The lowest BCUT2D eigenvalue weighted by molar-refractivity contribution is 0.0803. The Morgan fingerprint density at radius 2 is 2.20 bits per heavy atom. The third-order valence-electron chi connectivity index (χ3n) is 2.20. The highest BCUT2D eigenvalue weighted by molar-refractivity contribution is 7.99. The summed E-state index contributed by atoms with van der Waals surface area (Å²) >= 11 is 13.5. The first-order valence-electron chi connectivity index (χ1n) is 4.50. The molecule has 2 nitrogen and oxygen atoms in total. The molecule has 1 amide bonds. The van der Waals surface area contributed by atoms with E-state index < -0.39 is 0 Å². The van der Waals surface area contributed by atoms with Gasteiger partial charge in [-0.15, -0.1) is 11.8 Å². The summed E-state index contributed by atoms with van der Waals surface area (Å²) in [6, 6.07) is 4.96. The van der Waals surface area contributed by atoms with Gasteiger partial charge in [0, 0.05) is 17.3 Å². The van der Waals surface area contributed by atoms with Crippen molar-refractivity contribution in [2.75, 3.05) is 18.2 Å². The van der Waals surface area contributed by atoms with Crippen LogP contribution in [0.3, 0.4) is 0 Å². The van der Waals surface area contributed by atoms with Crippen molar-refractivity contribution in [3.8, 4) is 0 Å². The Morgan fingerprint density at radius 1 is 1.40 bits per heavy atom. The van der Waals surface area contributed by atoms with Crippen LogP contribution in [0.5, 0.6) is 0 Å². The number of halogens is 2. The Balaban J connectivity index is 2.24. The number of amides is 1. The number of hydrogen-bond donors (Lipinski definition) is 0. The molecule has 1 heterocycles. The van der Waals surface area contributed by atoms with Crippen LogP contribution in [0.1, 0.15) is 10.4 Å². The van der Waals surface area contributed by atoms with Crippen LogP contribution >= 0.6 is 35.0 Å². The second-order valence-electron chi connectivity index (χ2n) is 3.23. The minimum atomic E-state index is -0.0123. The van der Waals surface area contributed by atoms with Crippen LogP contribution < -0.4 is 0 Å². The molecule has 80 valence electrons. The van der Waals surface area contributed by atoms with Gasteiger partial charge < -0.3 is 4.90 Å². The van der Waals surface area contributed by atoms with Gasteiger partial charge in [-0.05, 0) is 18.2 Å². The van der Waals surface area contributed by atoms with Crippen LogP contribution in [0.15, 0.2) is 18.2 Å². The molecule has 0 atom stereocenters. The van der Waals surface area contributed by atoms with E-state index in [1.807, 2.05) is 0 Å². The number of thioether (sulfide) groups is 1. The second-order valence-corrected chi connectivity index (χ2v) is 5.15. The molecule has 0 N–H and O–H groups in total. The lowest BCUT2D eigenvalue weighted by atomic mass is 10.2. The first kappa shape index (κ1) is 11.1. The lowest BCUT2D eigenvalue weighted by Crippen LogP contribution is -2.27. The number of rotatable bonds is 1. The number of hydrogen-bond acceptors (Lipinski definition) is 2. The van der Waals surface area contributed by atoms with Gasteiger partial charge in [0.1, 0.15) is 0 Å². The maximum absolute atomic E-state index is 12.0. The molecule has 0 bridgehead atoms. The Kier molecular flexibility index (Phi) is 3.44. The summed E-state index contributed by atoms with van der Waals surface area (Å²) in [6.45, 7) is 0.794. The largest absolute Gasteiger partial charge is 0.329 e. The lowest BCUT2D eigenvalue weighted by Gasteiger charge is -2.15. The van der Waals surface area contributed by atoms with Crippen molar-refractivity contribution in [1.29, 1.82) is 0 Å². The summed E-state index contributed by atoms with van der Waals surface area (Å²) in [4.78, 5) is 13.8. The Morgan fingerprint density at radius 3 is 2.80 bits per heavy atom. The van der Waals surface area contributed by atoms with Crippen molar-refractivity contribution in [2.45, 2.75) is 0 Å². The molecule has 2 rings (SSSR count). The summed E-state index contributed by atoms with van der Waals surface area (Å²) in [5.74, 6) is 1.73. The molecule has 0 unspecified atom stereocenters. The predicted molar refractivity (Wildman–Crippen MR) is 64.8 cm³/mol. The highest BCUT2D eigenvalue weighted by atomic mass is 35.5. The first-order chi connectivity index (χ1) is 7.18. The number of carbonyl (C=O) groups is 1. The normalized spacial score (nSPS) is 15.7. The van der Waals surface area contributed by atoms with E-state index in [-0.39, 0.29) is 5.91 Å². The third kappa shape index (κ3) is 2.41. The molecule has 0 aromatic heterocycles. The first-order valence-corrected chi connectivity index (χ1v) is 6.41. The van der Waals surface area contributed by atoms with E-state index in [0.717, 1.165) is 18.2 Å². The average Bonchev–Trinajstić information content (AvgIpc) is 2.69. The van der Waals surface area contributed by atoms with Gasteiger partial charge in [0.05, 0.1) is 16.5 Å². The van der Waals surface area contributed by atoms with Crippen molar-refractivity contribution >= 4 is 40.9 Å². The molecule has 1 fully saturated rings. The van der Waals surface area contributed by atoms with E-state index in [1.165, 1.54) is 0 Å². The highest BCUT2D eigenvalue weighted by Gasteiger charge is 2.21. The maximum atomic E-state index is 12.0. The summed E-state index contributed by atoms with van der Waals surface area (Å²) in [5.41, 5.74) is 0.531. The molecule has 1 saturated heterocycles. The summed E-state index contributed by atoms with van der Waals surface area (Å²) < 4.78 is 0. The SMILES string of the molecule is O=C(c1ccc(Cl)cc1Cl)N1CCSC1. The van der Waals surface area contributed by atoms with Crippen LogP contribution in [0, 0.1) is 0 Å². The number of benzene rings is 1. The molecule has 0 aliphatic carbocycles. The quantitative estimate of drug-likeness (QED) is 0.774. The van der Waals surface area contributed by atoms with Crippen LogP contribution in [-0.4, -0.2) is 29.0 Å². The molecular weight excluding hydrogens is 253 g/mol. The molecule has 1 aromatic carbocycles. The fourth-order valence-electron chi connectivity index (χ4n) is 1.41. The zero-order valence-electron chi connectivity index (χ0n) is 7.87. The van der Waals surface area contributed by atoms with Gasteiger partial charge in [0.2, 0.25) is 0 Å². The van der Waals surface area contributed by atoms with Gasteiger partial charge in [0.15, 0.2) is 0 Å². The van der Waals surface area contributed by atoms with Crippen LogP contribution in [0.4, 0.5) is 0 Å². The minimum Gasteiger partial charge on any atom is -0.329 e. The monoisotopic (exact) mass is 261 g/mol. The standard InChI is InChI=1S/C10H9Cl2NOS/c11-7-1-2-8(9(12)5-7)10(14)13-3-4-15-6-13/h1-2,5H,3-4,6H2. The Bertz CT molecular complexity index is 391. The van der Waals surface area contributed by atoms with E-state index >= 15 is 0 Å². The zero-order valence-corrected chi connectivity index (χ0v) is 10.2. The summed E-state index contributed by atoms with van der Waals surface area (Å²) in [7, 11) is 0. The molecule has 0 spiro atoms. The Labute approximate surface area is 103 Å². The molecule has 15 heavy (non-hydrogen) atoms. The summed E-state index contributed by atoms with van der Waals surface area (Å²) in [5, 5.41) is 0.969. The van der Waals surface area contributed by atoms with E-state index in [4.69, 9.17) is 23.2 Å². The molecule has 0 saturated carbocycles. The second kappa shape index (κ2) is 4.64. The van der Waals surface area contributed by atoms with Crippen molar-refractivity contribution < 1.29 is 4.79 Å². The molecule has 1 aliphatic rings. The fourth-order valence-corrected chi connectivity index (χ4v) is 2.84. The maximum Gasteiger partial charge on any atom is 0.256 e. The van der Waals surface area contributed by atoms with Crippen LogP contribution in [-0.2, 0) is 0 Å². The van der Waals surface area contributed by atoms with Gasteiger partial charge in [-0.1, -0.05) is 23.2 Å². The van der Waals surface area contributed by atoms with Crippen molar-refractivity contribution in [3.05, 3.63) is 33.8 Å². The van der Waals surface area contributed by atoms with Crippen molar-refractivity contribution in [1.82, 2.24) is 4.90 Å². The fraction of sp³-hybridized carbons (Fsp3) is 0.300. The number of carbonyl (C=O) groups excluding carboxylic acids is 1.